The van der Waals surface area contributed by atoms with Gasteiger partial charge in [0, 0.05) is 38.4 Å². The minimum Gasteiger partial charge on any atom is -0.447 e. The quantitative estimate of drug-likeness (QED) is 0.599. The molecule has 1 aromatic carbocycles. The SMILES string of the molecule is C=CC(=O)N1CCN(C(CC)c2ccc(C(C)Nc3nccc(N4CCOC4=O)n3)cc2)CC1. The molecule has 180 valence electrons. The van der Waals surface area contributed by atoms with E-state index in [2.05, 4.69) is 64.9 Å². The van der Waals surface area contributed by atoms with Crippen LogP contribution in [-0.4, -0.2) is 71.1 Å². The van der Waals surface area contributed by atoms with Crippen molar-refractivity contribution in [3.63, 3.8) is 0 Å². The third-order valence-corrected chi connectivity index (χ3v) is 6.47. The number of rotatable bonds is 8. The second-order valence-electron chi connectivity index (χ2n) is 8.53. The van der Waals surface area contributed by atoms with E-state index in [1.54, 1.807) is 12.3 Å². The van der Waals surface area contributed by atoms with Crippen LogP contribution in [0.5, 0.6) is 0 Å². The van der Waals surface area contributed by atoms with Crippen LogP contribution in [0.2, 0.25) is 0 Å². The number of cyclic esters (lactones) is 1. The maximum atomic E-state index is 11.9. The molecule has 1 aromatic heterocycles. The maximum absolute atomic E-state index is 11.9. The summed E-state index contributed by atoms with van der Waals surface area (Å²) in [5, 5.41) is 3.33. The lowest BCUT2D eigenvalue weighted by atomic mass is 9.98. The normalized spacial score (nSPS) is 18.4. The Morgan fingerprint density at radius 2 is 1.85 bits per heavy atom. The Bertz CT molecular complexity index is 1020. The smallest absolute Gasteiger partial charge is 0.415 e. The summed E-state index contributed by atoms with van der Waals surface area (Å²) in [6.45, 7) is 11.9. The second-order valence-corrected chi connectivity index (χ2v) is 8.53. The highest BCUT2D eigenvalue weighted by atomic mass is 16.6. The Labute approximate surface area is 200 Å². The number of carbonyl (C=O) groups is 2. The van der Waals surface area contributed by atoms with E-state index in [4.69, 9.17) is 4.74 Å². The lowest BCUT2D eigenvalue weighted by molar-refractivity contribution is -0.128. The van der Waals surface area contributed by atoms with Gasteiger partial charge in [0.15, 0.2) is 0 Å². The molecule has 3 heterocycles. The summed E-state index contributed by atoms with van der Waals surface area (Å²) in [7, 11) is 0. The monoisotopic (exact) mass is 464 g/mol. The Balaban J connectivity index is 1.38. The zero-order valence-electron chi connectivity index (χ0n) is 19.8. The molecule has 1 N–H and O–H groups in total. The molecule has 0 spiro atoms. The van der Waals surface area contributed by atoms with Gasteiger partial charge in [0.2, 0.25) is 11.9 Å². The minimum atomic E-state index is -0.382. The van der Waals surface area contributed by atoms with Gasteiger partial charge in [0.25, 0.3) is 0 Å². The van der Waals surface area contributed by atoms with E-state index in [1.807, 2.05) is 4.90 Å². The van der Waals surface area contributed by atoms with Crippen LogP contribution >= 0.6 is 0 Å². The van der Waals surface area contributed by atoms with Gasteiger partial charge < -0.3 is 15.0 Å². The number of piperazine rings is 1. The molecule has 2 aliphatic rings. The Morgan fingerprint density at radius 3 is 2.47 bits per heavy atom. The highest BCUT2D eigenvalue weighted by Crippen LogP contribution is 2.27. The second kappa shape index (κ2) is 10.6. The molecule has 34 heavy (non-hydrogen) atoms. The zero-order valence-corrected chi connectivity index (χ0v) is 19.8. The lowest BCUT2D eigenvalue weighted by Crippen LogP contribution is -2.49. The molecule has 2 saturated heterocycles. The molecule has 0 radical (unpaired) electrons. The van der Waals surface area contributed by atoms with Crippen molar-refractivity contribution in [2.45, 2.75) is 32.4 Å². The molecular weight excluding hydrogens is 432 g/mol. The number of carbonyl (C=O) groups excluding carboxylic acids is 2. The molecular formula is C25H32N6O3. The first-order valence-corrected chi connectivity index (χ1v) is 11.8. The topological polar surface area (TPSA) is 90.9 Å². The van der Waals surface area contributed by atoms with Gasteiger partial charge in [-0.05, 0) is 36.6 Å². The van der Waals surface area contributed by atoms with E-state index in [1.165, 1.54) is 16.5 Å². The highest BCUT2D eigenvalue weighted by Gasteiger charge is 2.26. The van der Waals surface area contributed by atoms with E-state index in [9.17, 15) is 9.59 Å². The fraction of sp³-hybridized carbons (Fsp3) is 0.440. The Kier molecular flexibility index (Phi) is 7.42. The molecule has 2 unspecified atom stereocenters. The maximum Gasteiger partial charge on any atom is 0.415 e. The summed E-state index contributed by atoms with van der Waals surface area (Å²) >= 11 is 0. The summed E-state index contributed by atoms with van der Waals surface area (Å²) in [5.41, 5.74) is 2.39. The van der Waals surface area contributed by atoms with Gasteiger partial charge in [-0.15, -0.1) is 0 Å². The van der Waals surface area contributed by atoms with E-state index in [0.717, 1.165) is 38.2 Å². The fourth-order valence-electron chi connectivity index (χ4n) is 4.54. The van der Waals surface area contributed by atoms with Crippen LogP contribution in [-0.2, 0) is 9.53 Å². The molecule has 4 rings (SSSR count). The van der Waals surface area contributed by atoms with Crippen LogP contribution in [0.25, 0.3) is 0 Å². The largest absolute Gasteiger partial charge is 0.447 e. The molecule has 0 bridgehead atoms. The first-order chi connectivity index (χ1) is 16.5. The van der Waals surface area contributed by atoms with Gasteiger partial charge in [0.05, 0.1) is 12.6 Å². The van der Waals surface area contributed by atoms with E-state index >= 15 is 0 Å². The number of nitrogens with one attached hydrogen (secondary N) is 1. The van der Waals surface area contributed by atoms with Crippen LogP contribution < -0.4 is 10.2 Å². The first kappa shape index (κ1) is 23.7. The van der Waals surface area contributed by atoms with E-state index in [0.29, 0.717) is 31.0 Å². The van der Waals surface area contributed by atoms with Crippen LogP contribution in [0.1, 0.15) is 43.5 Å². The van der Waals surface area contributed by atoms with Crippen molar-refractivity contribution in [1.29, 1.82) is 0 Å². The molecule has 2 fully saturated rings. The molecule has 0 saturated carbocycles. The number of anilines is 2. The van der Waals surface area contributed by atoms with Crippen LogP contribution in [0.15, 0.2) is 49.2 Å². The predicted molar refractivity (Wildman–Crippen MR) is 131 cm³/mol. The number of aromatic nitrogens is 2. The molecule has 2 aliphatic heterocycles. The van der Waals surface area contributed by atoms with Gasteiger partial charge in [-0.2, -0.15) is 4.98 Å². The molecule has 0 aliphatic carbocycles. The first-order valence-electron chi connectivity index (χ1n) is 11.8. The van der Waals surface area contributed by atoms with Crippen molar-refractivity contribution in [3.8, 4) is 0 Å². The summed E-state index contributed by atoms with van der Waals surface area (Å²) in [6, 6.07) is 10.6. The van der Waals surface area contributed by atoms with Crippen LogP contribution in [0, 0.1) is 0 Å². The van der Waals surface area contributed by atoms with Gasteiger partial charge >= 0.3 is 6.09 Å². The average molecular weight is 465 g/mol. The molecule has 2 aromatic rings. The standard InChI is InChI=1S/C25H32N6O3/c1-4-21(29-12-14-30(15-13-29)23(32)5-2)20-8-6-19(7-9-20)18(3)27-24-26-11-10-22(28-24)31-16-17-34-25(31)33/h5-11,18,21H,2,4,12-17H2,1,3H3,(H,26,27,28). The average Bonchev–Trinajstić information content (AvgIpc) is 3.31. The van der Waals surface area contributed by atoms with Crippen LogP contribution in [0.4, 0.5) is 16.6 Å². The van der Waals surface area contributed by atoms with Crippen molar-refractivity contribution in [2.24, 2.45) is 0 Å². The Morgan fingerprint density at radius 1 is 1.15 bits per heavy atom. The van der Waals surface area contributed by atoms with E-state index in [-0.39, 0.29) is 18.0 Å². The predicted octanol–water partition coefficient (Wildman–Crippen LogP) is 3.39. The number of amides is 2. The number of benzene rings is 1. The number of hydrogen-bond acceptors (Lipinski definition) is 7. The summed E-state index contributed by atoms with van der Waals surface area (Å²) < 4.78 is 5.00. The van der Waals surface area contributed by atoms with Crippen LogP contribution in [0.3, 0.4) is 0 Å². The lowest BCUT2D eigenvalue weighted by Gasteiger charge is -2.39. The number of hydrogen-bond donors (Lipinski definition) is 1. The summed E-state index contributed by atoms with van der Waals surface area (Å²) in [4.78, 5) is 38.3. The summed E-state index contributed by atoms with van der Waals surface area (Å²) in [6.07, 6.45) is 3.65. The van der Waals surface area contributed by atoms with E-state index < -0.39 is 0 Å². The zero-order chi connectivity index (χ0) is 24.1. The van der Waals surface area contributed by atoms with Gasteiger partial charge in [-0.3, -0.25) is 14.6 Å². The summed E-state index contributed by atoms with van der Waals surface area (Å²) in [5.74, 6) is 1.00. The molecule has 9 nitrogen and oxygen atoms in total. The Hall–Kier alpha value is -3.46. The highest BCUT2D eigenvalue weighted by molar-refractivity contribution is 5.88. The van der Waals surface area contributed by atoms with Crippen molar-refractivity contribution in [1.82, 2.24) is 19.8 Å². The van der Waals surface area contributed by atoms with Crippen molar-refractivity contribution in [2.75, 3.05) is 49.5 Å². The van der Waals surface area contributed by atoms with Gasteiger partial charge in [-0.25, -0.2) is 9.78 Å². The molecule has 9 heteroatoms. The number of nitrogens with zero attached hydrogens (tertiary/aromatic N) is 5. The van der Waals surface area contributed by atoms with Crippen molar-refractivity contribution < 1.29 is 14.3 Å². The molecule has 2 amide bonds. The fourth-order valence-corrected chi connectivity index (χ4v) is 4.54. The molecule has 2 atom stereocenters. The minimum absolute atomic E-state index is 0.00779. The number of ether oxygens (including phenoxy) is 1. The van der Waals surface area contributed by atoms with Gasteiger partial charge in [-0.1, -0.05) is 37.8 Å². The van der Waals surface area contributed by atoms with Crippen molar-refractivity contribution >= 4 is 23.8 Å². The van der Waals surface area contributed by atoms with Crippen molar-refractivity contribution in [3.05, 3.63) is 60.3 Å². The third kappa shape index (κ3) is 5.20. The third-order valence-electron chi connectivity index (χ3n) is 6.47. The van der Waals surface area contributed by atoms with Gasteiger partial charge in [0.1, 0.15) is 12.4 Å².